The summed E-state index contributed by atoms with van der Waals surface area (Å²) in [5.41, 5.74) is 5.96. The van der Waals surface area contributed by atoms with Crippen molar-refractivity contribution in [2.75, 3.05) is 5.32 Å². The molecule has 1 aliphatic rings. The summed E-state index contributed by atoms with van der Waals surface area (Å²) in [4.78, 5) is 35.3. The summed E-state index contributed by atoms with van der Waals surface area (Å²) in [7, 11) is 0. The predicted molar refractivity (Wildman–Crippen MR) is 92.2 cm³/mol. The Morgan fingerprint density at radius 3 is 2.29 bits per heavy atom. The molecule has 0 spiro atoms. The van der Waals surface area contributed by atoms with Gasteiger partial charge in [0.2, 0.25) is 11.8 Å². The number of rotatable bonds is 6. The summed E-state index contributed by atoms with van der Waals surface area (Å²) < 4.78 is 0. The van der Waals surface area contributed by atoms with Gasteiger partial charge in [-0.25, -0.2) is 0 Å². The molecule has 6 nitrogen and oxygen atoms in total. The van der Waals surface area contributed by atoms with Gasteiger partial charge in [-0.2, -0.15) is 0 Å². The van der Waals surface area contributed by atoms with Gasteiger partial charge in [0.1, 0.15) is 0 Å². The summed E-state index contributed by atoms with van der Waals surface area (Å²) in [5.74, 6) is -0.137. The van der Waals surface area contributed by atoms with Crippen LogP contribution in [0.5, 0.6) is 0 Å². The smallest absolute Gasteiger partial charge is 0.269 e. The van der Waals surface area contributed by atoms with Crippen LogP contribution in [0.3, 0.4) is 0 Å². The van der Waals surface area contributed by atoms with Crippen molar-refractivity contribution in [1.82, 2.24) is 10.9 Å². The zero-order valence-corrected chi connectivity index (χ0v) is 14.1. The van der Waals surface area contributed by atoms with Crippen molar-refractivity contribution < 1.29 is 14.4 Å². The molecule has 24 heavy (non-hydrogen) atoms. The maximum atomic E-state index is 12.0. The number of carbonyl (C=O) groups is 3. The second kappa shape index (κ2) is 9.05. The second-order valence-electron chi connectivity index (χ2n) is 6.23. The quantitative estimate of drug-likeness (QED) is 0.701. The molecule has 0 bridgehead atoms. The highest BCUT2D eigenvalue weighted by atomic mass is 16.2. The van der Waals surface area contributed by atoms with Crippen molar-refractivity contribution >= 4 is 23.4 Å². The first-order valence-electron chi connectivity index (χ1n) is 8.57. The minimum atomic E-state index is -0.374. The molecule has 0 radical (unpaired) electrons. The number of amides is 3. The Bertz CT molecular complexity index is 578. The van der Waals surface area contributed by atoms with Crippen molar-refractivity contribution in [2.45, 2.75) is 51.9 Å². The Hall–Kier alpha value is -2.37. The molecule has 1 aliphatic carbocycles. The lowest BCUT2D eigenvalue weighted by atomic mass is 10.0. The molecule has 1 aromatic carbocycles. The van der Waals surface area contributed by atoms with E-state index in [9.17, 15) is 14.4 Å². The molecule has 1 aromatic rings. The largest absolute Gasteiger partial charge is 0.326 e. The van der Waals surface area contributed by atoms with Gasteiger partial charge in [-0.1, -0.05) is 19.8 Å². The fourth-order valence-electron chi connectivity index (χ4n) is 2.88. The van der Waals surface area contributed by atoms with Crippen LogP contribution in [0.4, 0.5) is 5.69 Å². The van der Waals surface area contributed by atoms with Crippen LogP contribution in [0.15, 0.2) is 24.3 Å². The SMILES string of the molecule is CCCC(=O)Nc1ccc(C(=O)NNC(=O)CC2CCCC2)cc1. The number of anilines is 1. The van der Waals surface area contributed by atoms with Gasteiger partial charge >= 0.3 is 0 Å². The minimum absolute atomic E-state index is 0.0473. The molecule has 2 rings (SSSR count). The topological polar surface area (TPSA) is 87.3 Å². The van der Waals surface area contributed by atoms with Gasteiger partial charge in [-0.3, -0.25) is 25.2 Å². The molecule has 0 heterocycles. The maximum absolute atomic E-state index is 12.0. The summed E-state index contributed by atoms with van der Waals surface area (Å²) in [5, 5.41) is 2.76. The highest BCUT2D eigenvalue weighted by molar-refractivity contribution is 5.96. The molecule has 3 N–H and O–H groups in total. The average molecular weight is 331 g/mol. The molecule has 3 amide bonds. The first-order valence-corrected chi connectivity index (χ1v) is 8.57. The van der Waals surface area contributed by atoms with E-state index in [1.54, 1.807) is 24.3 Å². The molecule has 6 heteroatoms. The number of hydrazine groups is 1. The Morgan fingerprint density at radius 1 is 1.00 bits per heavy atom. The molecular formula is C18H25N3O3. The lowest BCUT2D eigenvalue weighted by molar-refractivity contribution is -0.122. The fraction of sp³-hybridized carbons (Fsp3) is 0.500. The van der Waals surface area contributed by atoms with E-state index in [1.807, 2.05) is 6.92 Å². The van der Waals surface area contributed by atoms with E-state index in [-0.39, 0.29) is 17.7 Å². The van der Waals surface area contributed by atoms with E-state index in [4.69, 9.17) is 0 Å². The van der Waals surface area contributed by atoms with Crippen molar-refractivity contribution in [3.05, 3.63) is 29.8 Å². The maximum Gasteiger partial charge on any atom is 0.269 e. The number of carbonyl (C=O) groups excluding carboxylic acids is 3. The number of hydrogen-bond acceptors (Lipinski definition) is 3. The minimum Gasteiger partial charge on any atom is -0.326 e. The highest BCUT2D eigenvalue weighted by Crippen LogP contribution is 2.27. The van der Waals surface area contributed by atoms with Crippen molar-refractivity contribution in [3.63, 3.8) is 0 Å². The normalized spacial score (nSPS) is 14.2. The Labute approximate surface area is 142 Å². The van der Waals surface area contributed by atoms with Crippen LogP contribution in [0, 0.1) is 5.92 Å². The van der Waals surface area contributed by atoms with Crippen LogP contribution < -0.4 is 16.2 Å². The van der Waals surface area contributed by atoms with E-state index in [1.165, 1.54) is 12.8 Å². The third-order valence-electron chi connectivity index (χ3n) is 4.17. The Kier molecular flexibility index (Phi) is 6.78. The van der Waals surface area contributed by atoms with Gasteiger partial charge in [-0.15, -0.1) is 0 Å². The van der Waals surface area contributed by atoms with Crippen LogP contribution in [-0.2, 0) is 9.59 Å². The summed E-state index contributed by atoms with van der Waals surface area (Å²) in [6.07, 6.45) is 6.26. The van der Waals surface area contributed by atoms with Crippen molar-refractivity contribution in [2.24, 2.45) is 5.92 Å². The van der Waals surface area contributed by atoms with Crippen molar-refractivity contribution in [1.29, 1.82) is 0 Å². The van der Waals surface area contributed by atoms with E-state index in [0.717, 1.165) is 19.3 Å². The zero-order valence-electron chi connectivity index (χ0n) is 14.1. The van der Waals surface area contributed by atoms with Crippen LogP contribution in [0.2, 0.25) is 0 Å². The molecular weight excluding hydrogens is 306 g/mol. The lowest BCUT2D eigenvalue weighted by Gasteiger charge is -2.11. The van der Waals surface area contributed by atoms with Gasteiger partial charge in [-0.05, 0) is 49.4 Å². The Morgan fingerprint density at radius 2 is 1.67 bits per heavy atom. The third-order valence-corrected chi connectivity index (χ3v) is 4.17. The van der Waals surface area contributed by atoms with Gasteiger partial charge < -0.3 is 5.32 Å². The molecule has 0 aromatic heterocycles. The molecule has 0 aliphatic heterocycles. The summed E-state index contributed by atoms with van der Waals surface area (Å²) >= 11 is 0. The summed E-state index contributed by atoms with van der Waals surface area (Å²) in [6, 6.07) is 6.56. The Balaban J connectivity index is 1.77. The summed E-state index contributed by atoms with van der Waals surface area (Å²) in [6.45, 7) is 1.94. The second-order valence-corrected chi connectivity index (χ2v) is 6.23. The number of benzene rings is 1. The lowest BCUT2D eigenvalue weighted by Crippen LogP contribution is -2.42. The third kappa shape index (κ3) is 5.68. The molecule has 1 fully saturated rings. The van der Waals surface area contributed by atoms with E-state index >= 15 is 0 Å². The van der Waals surface area contributed by atoms with Crippen LogP contribution in [0.25, 0.3) is 0 Å². The van der Waals surface area contributed by atoms with Gasteiger partial charge in [0.15, 0.2) is 0 Å². The number of nitrogens with one attached hydrogen (secondary N) is 3. The van der Waals surface area contributed by atoms with Crippen LogP contribution in [-0.4, -0.2) is 17.7 Å². The predicted octanol–water partition coefficient (Wildman–Crippen LogP) is 2.77. The standard InChI is InChI=1S/C18H25N3O3/c1-2-5-16(22)19-15-10-8-14(9-11-15)18(24)21-20-17(23)12-13-6-3-4-7-13/h8-11,13H,2-7,12H2,1H3,(H,19,22)(H,20,23)(H,21,24). The van der Waals surface area contributed by atoms with Gasteiger partial charge in [0.25, 0.3) is 5.91 Å². The zero-order chi connectivity index (χ0) is 17.4. The molecule has 0 saturated heterocycles. The van der Waals surface area contributed by atoms with E-state index < -0.39 is 0 Å². The van der Waals surface area contributed by atoms with Crippen LogP contribution >= 0.6 is 0 Å². The van der Waals surface area contributed by atoms with Gasteiger partial charge in [0, 0.05) is 24.1 Å². The van der Waals surface area contributed by atoms with E-state index in [0.29, 0.717) is 30.0 Å². The highest BCUT2D eigenvalue weighted by Gasteiger charge is 2.18. The molecule has 1 saturated carbocycles. The first-order chi connectivity index (χ1) is 11.6. The van der Waals surface area contributed by atoms with E-state index in [2.05, 4.69) is 16.2 Å². The van der Waals surface area contributed by atoms with Crippen LogP contribution in [0.1, 0.15) is 62.2 Å². The molecule has 0 atom stereocenters. The molecule has 130 valence electrons. The fourth-order valence-corrected chi connectivity index (χ4v) is 2.88. The first kappa shape index (κ1) is 18.0. The monoisotopic (exact) mass is 331 g/mol. The number of hydrogen-bond donors (Lipinski definition) is 3. The van der Waals surface area contributed by atoms with Crippen molar-refractivity contribution in [3.8, 4) is 0 Å². The average Bonchev–Trinajstić information content (AvgIpc) is 3.06. The van der Waals surface area contributed by atoms with Gasteiger partial charge in [0.05, 0.1) is 0 Å². The molecule has 0 unspecified atom stereocenters.